The molecule has 62 valence electrons. The van der Waals surface area contributed by atoms with Crippen LogP contribution < -0.4 is 5.32 Å². The first-order chi connectivity index (χ1) is 4.80. The standard InChI is InChI=1S/C10H17N/c1-7-9(3,4)10(5,6)8(2)11-7/h11H,1-2H2,3-6H3. The van der Waals surface area contributed by atoms with Gasteiger partial charge in [-0.05, 0) is 0 Å². The van der Waals surface area contributed by atoms with E-state index < -0.39 is 0 Å². The molecule has 0 aliphatic carbocycles. The number of hydrogen-bond acceptors (Lipinski definition) is 1. The molecule has 1 rings (SSSR count). The van der Waals surface area contributed by atoms with Gasteiger partial charge in [0.15, 0.2) is 0 Å². The highest BCUT2D eigenvalue weighted by atomic mass is 15.0. The monoisotopic (exact) mass is 151 g/mol. The summed E-state index contributed by atoms with van der Waals surface area (Å²) in [7, 11) is 0. The summed E-state index contributed by atoms with van der Waals surface area (Å²) in [5.41, 5.74) is 2.38. The van der Waals surface area contributed by atoms with Crippen LogP contribution in [0, 0.1) is 10.8 Å². The summed E-state index contributed by atoms with van der Waals surface area (Å²) in [4.78, 5) is 0. The van der Waals surface area contributed by atoms with Crippen LogP contribution in [-0.4, -0.2) is 0 Å². The molecule has 0 spiro atoms. The van der Waals surface area contributed by atoms with Crippen molar-refractivity contribution in [1.82, 2.24) is 5.32 Å². The lowest BCUT2D eigenvalue weighted by atomic mass is 9.68. The molecule has 1 aliphatic rings. The smallest absolute Gasteiger partial charge is 0.0147 e. The molecular formula is C10H17N. The number of hydrogen-bond donors (Lipinski definition) is 1. The van der Waals surface area contributed by atoms with Crippen molar-refractivity contribution in [3.05, 3.63) is 24.6 Å². The molecule has 1 N–H and O–H groups in total. The lowest BCUT2D eigenvalue weighted by Gasteiger charge is -2.33. The molecule has 0 radical (unpaired) electrons. The van der Waals surface area contributed by atoms with Crippen LogP contribution in [0.4, 0.5) is 0 Å². The Morgan fingerprint density at radius 2 is 1.18 bits per heavy atom. The van der Waals surface area contributed by atoms with Crippen molar-refractivity contribution in [2.75, 3.05) is 0 Å². The van der Waals surface area contributed by atoms with Crippen LogP contribution in [-0.2, 0) is 0 Å². The first kappa shape index (κ1) is 8.38. The van der Waals surface area contributed by atoms with Gasteiger partial charge in [0.1, 0.15) is 0 Å². The Morgan fingerprint density at radius 3 is 1.27 bits per heavy atom. The van der Waals surface area contributed by atoms with E-state index in [1.54, 1.807) is 0 Å². The summed E-state index contributed by atoms with van der Waals surface area (Å²) >= 11 is 0. The fourth-order valence-electron chi connectivity index (χ4n) is 1.25. The Labute approximate surface area is 69.2 Å². The van der Waals surface area contributed by atoms with Gasteiger partial charge in [-0.3, -0.25) is 0 Å². The average molecular weight is 151 g/mol. The molecular weight excluding hydrogens is 134 g/mol. The van der Waals surface area contributed by atoms with Crippen molar-refractivity contribution >= 4 is 0 Å². The first-order valence-corrected chi connectivity index (χ1v) is 3.96. The predicted octanol–water partition coefficient (Wildman–Crippen LogP) is 2.67. The zero-order valence-corrected chi connectivity index (χ0v) is 7.91. The minimum atomic E-state index is 0.115. The van der Waals surface area contributed by atoms with Gasteiger partial charge in [-0.1, -0.05) is 40.9 Å². The van der Waals surface area contributed by atoms with E-state index in [9.17, 15) is 0 Å². The molecule has 0 atom stereocenters. The van der Waals surface area contributed by atoms with Crippen molar-refractivity contribution < 1.29 is 0 Å². The largest absolute Gasteiger partial charge is 0.362 e. The Hall–Kier alpha value is -0.720. The van der Waals surface area contributed by atoms with Crippen molar-refractivity contribution in [2.24, 2.45) is 10.8 Å². The molecule has 1 aliphatic heterocycles. The van der Waals surface area contributed by atoms with Crippen LogP contribution in [0.3, 0.4) is 0 Å². The predicted molar refractivity (Wildman–Crippen MR) is 49.0 cm³/mol. The van der Waals surface area contributed by atoms with E-state index >= 15 is 0 Å². The van der Waals surface area contributed by atoms with Gasteiger partial charge in [0.2, 0.25) is 0 Å². The number of allylic oxidation sites excluding steroid dienone is 2. The van der Waals surface area contributed by atoms with Crippen LogP contribution in [0.25, 0.3) is 0 Å². The molecule has 0 bridgehead atoms. The molecule has 1 fully saturated rings. The number of rotatable bonds is 0. The first-order valence-electron chi connectivity index (χ1n) is 3.96. The Bertz CT molecular complexity index is 197. The maximum atomic E-state index is 3.98. The zero-order chi connectivity index (χ0) is 8.86. The fraction of sp³-hybridized carbons (Fsp3) is 0.600. The third-order valence-corrected chi connectivity index (χ3v) is 3.37. The minimum absolute atomic E-state index is 0.115. The van der Waals surface area contributed by atoms with E-state index in [-0.39, 0.29) is 10.8 Å². The van der Waals surface area contributed by atoms with E-state index in [0.717, 1.165) is 11.4 Å². The summed E-state index contributed by atoms with van der Waals surface area (Å²) in [5, 5.41) is 3.21. The highest BCUT2D eigenvalue weighted by molar-refractivity contribution is 5.31. The van der Waals surface area contributed by atoms with E-state index in [1.165, 1.54) is 0 Å². The van der Waals surface area contributed by atoms with Crippen molar-refractivity contribution in [2.45, 2.75) is 27.7 Å². The zero-order valence-electron chi connectivity index (χ0n) is 7.91. The Balaban J connectivity index is 3.15. The van der Waals surface area contributed by atoms with Gasteiger partial charge in [-0.15, -0.1) is 0 Å². The van der Waals surface area contributed by atoms with Crippen LogP contribution >= 0.6 is 0 Å². The van der Waals surface area contributed by atoms with Gasteiger partial charge in [0, 0.05) is 22.2 Å². The van der Waals surface area contributed by atoms with Crippen molar-refractivity contribution in [3.63, 3.8) is 0 Å². The third-order valence-electron chi connectivity index (χ3n) is 3.37. The van der Waals surface area contributed by atoms with Crippen molar-refractivity contribution in [3.8, 4) is 0 Å². The fourth-order valence-corrected chi connectivity index (χ4v) is 1.25. The normalized spacial score (nSPS) is 26.9. The van der Waals surface area contributed by atoms with Gasteiger partial charge in [-0.25, -0.2) is 0 Å². The molecule has 0 aromatic heterocycles. The van der Waals surface area contributed by atoms with Gasteiger partial charge in [0.05, 0.1) is 0 Å². The summed E-state index contributed by atoms with van der Waals surface area (Å²) in [5.74, 6) is 0. The molecule has 0 aromatic rings. The maximum absolute atomic E-state index is 3.98. The summed E-state index contributed by atoms with van der Waals surface area (Å²) in [6.07, 6.45) is 0. The highest BCUT2D eigenvalue weighted by Gasteiger charge is 2.46. The van der Waals surface area contributed by atoms with Gasteiger partial charge < -0.3 is 5.32 Å². The van der Waals surface area contributed by atoms with E-state index in [1.807, 2.05) is 0 Å². The Morgan fingerprint density at radius 1 is 0.909 bits per heavy atom. The molecule has 1 heterocycles. The molecule has 0 aromatic carbocycles. The second-order valence-electron chi connectivity index (χ2n) is 4.33. The molecule has 0 amide bonds. The Kier molecular flexibility index (Phi) is 1.45. The summed E-state index contributed by atoms with van der Waals surface area (Å²) in [6, 6.07) is 0. The number of nitrogens with one attached hydrogen (secondary N) is 1. The molecule has 11 heavy (non-hydrogen) atoms. The van der Waals surface area contributed by atoms with Crippen LogP contribution in [0.5, 0.6) is 0 Å². The topological polar surface area (TPSA) is 12.0 Å². The van der Waals surface area contributed by atoms with Crippen LogP contribution in [0.15, 0.2) is 24.6 Å². The molecule has 1 nitrogen and oxygen atoms in total. The minimum Gasteiger partial charge on any atom is -0.362 e. The molecule has 1 heteroatoms. The molecule has 0 unspecified atom stereocenters. The highest BCUT2D eigenvalue weighted by Crippen LogP contribution is 2.51. The molecule has 1 saturated heterocycles. The van der Waals surface area contributed by atoms with E-state index in [2.05, 4.69) is 46.2 Å². The van der Waals surface area contributed by atoms with Gasteiger partial charge in [-0.2, -0.15) is 0 Å². The quantitative estimate of drug-likeness (QED) is 0.561. The summed E-state index contributed by atoms with van der Waals surface area (Å²) < 4.78 is 0. The van der Waals surface area contributed by atoms with Crippen LogP contribution in [0.1, 0.15) is 27.7 Å². The SMILES string of the molecule is C=C1NC(=C)C(C)(C)C1(C)C. The van der Waals surface area contributed by atoms with E-state index in [0.29, 0.717) is 0 Å². The maximum Gasteiger partial charge on any atom is 0.0147 e. The van der Waals surface area contributed by atoms with E-state index in [4.69, 9.17) is 0 Å². The van der Waals surface area contributed by atoms with Gasteiger partial charge in [0.25, 0.3) is 0 Å². The average Bonchev–Trinajstić information content (AvgIpc) is 1.95. The summed E-state index contributed by atoms with van der Waals surface area (Å²) in [6.45, 7) is 16.7. The third kappa shape index (κ3) is 0.834. The molecule has 0 saturated carbocycles. The van der Waals surface area contributed by atoms with Gasteiger partial charge >= 0.3 is 0 Å². The lowest BCUT2D eigenvalue weighted by Crippen LogP contribution is -2.27. The second kappa shape index (κ2) is 1.90. The van der Waals surface area contributed by atoms with Crippen LogP contribution in [0.2, 0.25) is 0 Å². The lowest BCUT2D eigenvalue weighted by molar-refractivity contribution is 0.234. The van der Waals surface area contributed by atoms with Crippen molar-refractivity contribution in [1.29, 1.82) is 0 Å². The second-order valence-corrected chi connectivity index (χ2v) is 4.33.